The maximum absolute atomic E-state index is 13.6. The first-order valence-corrected chi connectivity index (χ1v) is 11.5. The molecule has 3 heterocycles. The zero-order valence-corrected chi connectivity index (χ0v) is 20.0. The van der Waals surface area contributed by atoms with Crippen LogP contribution in [0.2, 0.25) is 0 Å². The minimum atomic E-state index is -0.522. The van der Waals surface area contributed by atoms with E-state index in [9.17, 15) is 9.59 Å². The lowest BCUT2D eigenvalue weighted by molar-refractivity contribution is -0.137. The molecule has 0 aliphatic carbocycles. The number of allylic oxidation sites excluding steroid dienone is 2. The number of carbonyl (C=O) groups excluding carboxylic acids is 2. The maximum Gasteiger partial charge on any atom is 0.328 e. The number of urea groups is 1. The number of hydrogen-bond acceptors (Lipinski definition) is 6. The molecule has 3 amide bonds. The van der Waals surface area contributed by atoms with E-state index in [1.807, 2.05) is 43.0 Å². The fraction of sp³-hybridized carbons (Fsp3) is 0.542. The van der Waals surface area contributed by atoms with Gasteiger partial charge in [-0.25, -0.2) is 9.79 Å². The summed E-state index contributed by atoms with van der Waals surface area (Å²) < 4.78 is 0. The van der Waals surface area contributed by atoms with E-state index < -0.39 is 12.2 Å². The standard InChI is InChI=1S/C24H34N6O2/c1-7-27(8-2)12-13-28-17(4)18(5)30-20-21(25-23(28)30)26(6)24(32)29(22(20)31)15-19-11-9-10-16(3)14-19/h9-11,14,20-21H,7-8,12-13,15H2,1-6H3. The van der Waals surface area contributed by atoms with Crippen LogP contribution in [0.15, 0.2) is 40.7 Å². The van der Waals surface area contributed by atoms with Crippen molar-refractivity contribution in [3.8, 4) is 0 Å². The smallest absolute Gasteiger partial charge is 0.313 e. The van der Waals surface area contributed by atoms with Crippen LogP contribution < -0.4 is 0 Å². The molecule has 32 heavy (non-hydrogen) atoms. The summed E-state index contributed by atoms with van der Waals surface area (Å²) in [6.07, 6.45) is -0.502. The molecular formula is C24H34N6O2. The van der Waals surface area contributed by atoms with Gasteiger partial charge in [-0.1, -0.05) is 43.7 Å². The molecule has 1 saturated heterocycles. The molecule has 1 fully saturated rings. The van der Waals surface area contributed by atoms with Crippen molar-refractivity contribution in [2.45, 2.75) is 53.4 Å². The van der Waals surface area contributed by atoms with Gasteiger partial charge in [0.25, 0.3) is 5.91 Å². The fourth-order valence-electron chi connectivity index (χ4n) is 4.87. The number of guanidine groups is 1. The summed E-state index contributed by atoms with van der Waals surface area (Å²) in [7, 11) is 1.74. The van der Waals surface area contributed by atoms with Crippen LogP contribution in [0.1, 0.15) is 38.8 Å². The Balaban J connectivity index is 1.60. The van der Waals surface area contributed by atoms with Crippen LogP contribution in [0.25, 0.3) is 0 Å². The molecule has 3 aliphatic rings. The number of fused-ring (bicyclic) bond motifs is 3. The number of imide groups is 1. The third-order valence-electron chi connectivity index (χ3n) is 6.96. The third-order valence-corrected chi connectivity index (χ3v) is 6.96. The number of amides is 3. The van der Waals surface area contributed by atoms with Gasteiger partial charge < -0.3 is 14.7 Å². The molecule has 172 valence electrons. The monoisotopic (exact) mass is 438 g/mol. The molecule has 0 saturated carbocycles. The number of aliphatic imine (C=N–C) groups is 1. The van der Waals surface area contributed by atoms with E-state index in [0.717, 1.165) is 54.7 Å². The molecular weight excluding hydrogens is 404 g/mol. The van der Waals surface area contributed by atoms with Crippen LogP contribution in [0.5, 0.6) is 0 Å². The van der Waals surface area contributed by atoms with Crippen molar-refractivity contribution in [1.82, 2.24) is 24.5 Å². The summed E-state index contributed by atoms with van der Waals surface area (Å²) in [6, 6.07) is 7.12. The second-order valence-corrected chi connectivity index (χ2v) is 8.81. The Morgan fingerprint density at radius 3 is 2.41 bits per heavy atom. The lowest BCUT2D eigenvalue weighted by Gasteiger charge is -2.40. The van der Waals surface area contributed by atoms with Crippen molar-refractivity contribution < 1.29 is 9.59 Å². The van der Waals surface area contributed by atoms with E-state index >= 15 is 0 Å². The minimum absolute atomic E-state index is 0.184. The number of aryl methyl sites for hydroxylation is 1. The predicted octanol–water partition coefficient (Wildman–Crippen LogP) is 2.66. The van der Waals surface area contributed by atoms with Crippen LogP contribution in [0, 0.1) is 6.92 Å². The molecule has 0 bridgehead atoms. The van der Waals surface area contributed by atoms with E-state index in [2.05, 4.69) is 30.6 Å². The number of benzene rings is 1. The number of hydrogen-bond donors (Lipinski definition) is 0. The molecule has 4 rings (SSSR count). The molecule has 0 N–H and O–H groups in total. The van der Waals surface area contributed by atoms with Gasteiger partial charge in [0.2, 0.25) is 5.96 Å². The molecule has 0 aromatic heterocycles. The molecule has 3 aliphatic heterocycles. The SMILES string of the molecule is CCN(CC)CCN1C2=NC3C(C(=O)N(Cc4cccc(C)c4)C(=O)N3C)N2C(C)=C1C. The number of carbonyl (C=O) groups is 2. The highest BCUT2D eigenvalue weighted by molar-refractivity contribution is 6.05. The molecule has 8 heteroatoms. The normalized spacial score (nSPS) is 22.9. The molecule has 2 atom stereocenters. The van der Waals surface area contributed by atoms with Crippen LogP contribution in [0.4, 0.5) is 4.79 Å². The summed E-state index contributed by atoms with van der Waals surface area (Å²) >= 11 is 0. The van der Waals surface area contributed by atoms with Gasteiger partial charge in [0.05, 0.1) is 6.54 Å². The number of rotatable bonds is 7. The Bertz CT molecular complexity index is 982. The van der Waals surface area contributed by atoms with E-state index in [1.54, 1.807) is 11.9 Å². The van der Waals surface area contributed by atoms with E-state index in [-0.39, 0.29) is 18.5 Å². The molecule has 1 aromatic rings. The van der Waals surface area contributed by atoms with Crippen molar-refractivity contribution in [1.29, 1.82) is 0 Å². The van der Waals surface area contributed by atoms with Crippen molar-refractivity contribution in [3.05, 3.63) is 46.8 Å². The molecule has 2 unspecified atom stereocenters. The van der Waals surface area contributed by atoms with Crippen LogP contribution in [-0.4, -0.2) is 87.8 Å². The first kappa shape index (κ1) is 22.3. The Hall–Kier alpha value is -2.87. The van der Waals surface area contributed by atoms with E-state index in [4.69, 9.17) is 4.99 Å². The molecule has 0 spiro atoms. The minimum Gasteiger partial charge on any atom is -0.313 e. The second-order valence-electron chi connectivity index (χ2n) is 8.81. The summed E-state index contributed by atoms with van der Waals surface area (Å²) in [5.74, 6) is 0.601. The van der Waals surface area contributed by atoms with Gasteiger partial charge in [0, 0.05) is 31.5 Å². The zero-order chi connectivity index (χ0) is 23.2. The Kier molecular flexibility index (Phi) is 5.99. The second kappa shape index (κ2) is 8.58. The quantitative estimate of drug-likeness (QED) is 0.655. The lowest BCUT2D eigenvalue weighted by Crippen LogP contribution is -2.64. The number of likely N-dealkylation sites (N-methyl/N-ethyl adjacent to an activating group) is 2. The third kappa shape index (κ3) is 3.56. The van der Waals surface area contributed by atoms with Gasteiger partial charge in [-0.05, 0) is 39.4 Å². The van der Waals surface area contributed by atoms with Crippen molar-refractivity contribution in [3.63, 3.8) is 0 Å². The van der Waals surface area contributed by atoms with Gasteiger partial charge in [-0.15, -0.1) is 0 Å². The highest BCUT2D eigenvalue weighted by atomic mass is 16.2. The summed E-state index contributed by atoms with van der Waals surface area (Å²) in [6.45, 7) is 14.4. The largest absolute Gasteiger partial charge is 0.328 e. The average Bonchev–Trinajstić information content (AvgIpc) is 3.27. The van der Waals surface area contributed by atoms with Gasteiger partial charge in [-0.2, -0.15) is 0 Å². The maximum atomic E-state index is 13.6. The first-order chi connectivity index (χ1) is 15.3. The van der Waals surface area contributed by atoms with Crippen molar-refractivity contribution >= 4 is 17.9 Å². The fourth-order valence-corrected chi connectivity index (χ4v) is 4.87. The molecule has 1 aromatic carbocycles. The molecule has 8 nitrogen and oxygen atoms in total. The number of nitrogens with zero attached hydrogens (tertiary/aromatic N) is 6. The van der Waals surface area contributed by atoms with Gasteiger partial charge >= 0.3 is 6.03 Å². The highest BCUT2D eigenvalue weighted by Gasteiger charge is 2.55. The molecule has 0 radical (unpaired) electrons. The van der Waals surface area contributed by atoms with Crippen LogP contribution in [-0.2, 0) is 11.3 Å². The Morgan fingerprint density at radius 2 is 1.75 bits per heavy atom. The summed E-state index contributed by atoms with van der Waals surface area (Å²) in [5, 5.41) is 0. The summed E-state index contributed by atoms with van der Waals surface area (Å²) in [4.78, 5) is 41.2. The van der Waals surface area contributed by atoms with Crippen LogP contribution in [0.3, 0.4) is 0 Å². The Morgan fingerprint density at radius 1 is 1.03 bits per heavy atom. The van der Waals surface area contributed by atoms with Crippen molar-refractivity contribution in [2.75, 3.05) is 33.2 Å². The van der Waals surface area contributed by atoms with E-state index in [0.29, 0.717) is 0 Å². The van der Waals surface area contributed by atoms with Gasteiger partial charge in [0.15, 0.2) is 12.2 Å². The van der Waals surface area contributed by atoms with Gasteiger partial charge in [0.1, 0.15) is 0 Å². The van der Waals surface area contributed by atoms with Crippen LogP contribution >= 0.6 is 0 Å². The zero-order valence-electron chi connectivity index (χ0n) is 20.0. The summed E-state index contributed by atoms with van der Waals surface area (Å²) in [5.41, 5.74) is 4.20. The lowest BCUT2D eigenvalue weighted by atomic mass is 10.1. The van der Waals surface area contributed by atoms with Crippen molar-refractivity contribution in [2.24, 2.45) is 4.99 Å². The van der Waals surface area contributed by atoms with E-state index in [1.165, 1.54) is 4.90 Å². The Labute approximate surface area is 190 Å². The highest BCUT2D eigenvalue weighted by Crippen LogP contribution is 2.37. The first-order valence-electron chi connectivity index (χ1n) is 11.5. The topological polar surface area (TPSA) is 62.7 Å². The average molecular weight is 439 g/mol. The predicted molar refractivity (Wildman–Crippen MR) is 125 cm³/mol. The van der Waals surface area contributed by atoms with Gasteiger partial charge in [-0.3, -0.25) is 14.6 Å².